The summed E-state index contributed by atoms with van der Waals surface area (Å²) in [6, 6.07) is 25.1. The Morgan fingerprint density at radius 3 is 2.14 bits per heavy atom. The molecule has 0 aliphatic rings. The third-order valence-corrected chi connectivity index (χ3v) is 4.37. The van der Waals surface area contributed by atoms with Crippen LogP contribution in [0.15, 0.2) is 78.9 Å². The van der Waals surface area contributed by atoms with Gasteiger partial charge in [0.25, 0.3) is 5.91 Å². The van der Waals surface area contributed by atoms with E-state index < -0.39 is 0 Å². The number of anilines is 1. The molecule has 0 aliphatic carbocycles. The molecular weight excluding hydrogens is 350 g/mol. The molecule has 2 N–H and O–H groups in total. The molecule has 0 radical (unpaired) electrons. The highest BCUT2D eigenvalue weighted by Crippen LogP contribution is 2.19. The van der Waals surface area contributed by atoms with Gasteiger partial charge in [0.15, 0.2) is 0 Å². The maximum absolute atomic E-state index is 12.2. The summed E-state index contributed by atoms with van der Waals surface area (Å²) in [7, 11) is 3.81. The molecule has 3 aromatic rings. The number of hydrogen-bond acceptors (Lipinski definition) is 3. The molecule has 5 heteroatoms. The van der Waals surface area contributed by atoms with Crippen LogP contribution in [0.4, 0.5) is 5.69 Å². The first-order chi connectivity index (χ1) is 13.5. The predicted octanol–water partition coefficient (Wildman–Crippen LogP) is 3.42. The Hall–Kier alpha value is -3.60. The van der Waals surface area contributed by atoms with Crippen molar-refractivity contribution in [2.45, 2.75) is 6.42 Å². The number of hydrogen-bond donors (Lipinski definition) is 2. The first-order valence-electron chi connectivity index (χ1n) is 9.04. The zero-order valence-corrected chi connectivity index (χ0v) is 16.0. The van der Waals surface area contributed by atoms with Crippen LogP contribution in [0.25, 0.3) is 11.1 Å². The van der Waals surface area contributed by atoms with E-state index in [9.17, 15) is 9.59 Å². The van der Waals surface area contributed by atoms with Crippen molar-refractivity contribution < 1.29 is 9.59 Å². The molecule has 0 fully saturated rings. The van der Waals surface area contributed by atoms with Gasteiger partial charge < -0.3 is 4.90 Å². The van der Waals surface area contributed by atoms with Gasteiger partial charge in [0.2, 0.25) is 5.91 Å². The molecule has 0 unspecified atom stereocenters. The quantitative estimate of drug-likeness (QED) is 0.674. The standard InChI is InChI=1S/C23H23N3O2/c1-26(2)21-10-6-9-20(16-21)23(28)25-24-22(27)15-17-11-13-19(14-12-17)18-7-4-3-5-8-18/h3-14,16H,15H2,1-2H3,(H,24,27)(H,25,28). The summed E-state index contributed by atoms with van der Waals surface area (Å²) >= 11 is 0. The topological polar surface area (TPSA) is 61.4 Å². The van der Waals surface area contributed by atoms with Gasteiger partial charge in [0.05, 0.1) is 6.42 Å². The van der Waals surface area contributed by atoms with Crippen LogP contribution in [0.2, 0.25) is 0 Å². The van der Waals surface area contributed by atoms with Crippen molar-refractivity contribution in [1.82, 2.24) is 10.9 Å². The van der Waals surface area contributed by atoms with E-state index in [1.807, 2.05) is 79.7 Å². The fraction of sp³-hybridized carbons (Fsp3) is 0.130. The third kappa shape index (κ3) is 4.98. The molecule has 0 aromatic heterocycles. The van der Waals surface area contributed by atoms with E-state index in [1.165, 1.54) is 0 Å². The first kappa shape index (κ1) is 19.2. The maximum atomic E-state index is 12.2. The Bertz CT molecular complexity index is 951. The van der Waals surface area contributed by atoms with Crippen molar-refractivity contribution in [1.29, 1.82) is 0 Å². The largest absolute Gasteiger partial charge is 0.378 e. The zero-order chi connectivity index (χ0) is 19.9. The minimum Gasteiger partial charge on any atom is -0.378 e. The van der Waals surface area contributed by atoms with Crippen molar-refractivity contribution in [3.63, 3.8) is 0 Å². The molecule has 3 rings (SSSR count). The molecule has 3 aromatic carbocycles. The van der Waals surface area contributed by atoms with Crippen molar-refractivity contribution in [3.8, 4) is 11.1 Å². The van der Waals surface area contributed by atoms with E-state index in [4.69, 9.17) is 0 Å². The van der Waals surface area contributed by atoms with Gasteiger partial charge in [-0.15, -0.1) is 0 Å². The molecule has 2 amide bonds. The highest BCUT2D eigenvalue weighted by atomic mass is 16.2. The Morgan fingerprint density at radius 1 is 0.786 bits per heavy atom. The van der Waals surface area contributed by atoms with E-state index in [2.05, 4.69) is 10.9 Å². The maximum Gasteiger partial charge on any atom is 0.269 e. The average molecular weight is 373 g/mol. The summed E-state index contributed by atoms with van der Waals surface area (Å²) < 4.78 is 0. The molecular formula is C23H23N3O2. The summed E-state index contributed by atoms with van der Waals surface area (Å²) in [5, 5.41) is 0. The van der Waals surface area contributed by atoms with Gasteiger partial charge in [-0.05, 0) is 34.9 Å². The van der Waals surface area contributed by atoms with E-state index in [0.717, 1.165) is 22.4 Å². The van der Waals surface area contributed by atoms with Crippen LogP contribution in [0.5, 0.6) is 0 Å². The molecule has 0 saturated carbocycles. The number of nitrogens with zero attached hydrogens (tertiary/aromatic N) is 1. The fourth-order valence-electron chi connectivity index (χ4n) is 2.80. The zero-order valence-electron chi connectivity index (χ0n) is 16.0. The molecule has 0 spiro atoms. The molecule has 0 aliphatic heterocycles. The second-order valence-corrected chi connectivity index (χ2v) is 6.69. The minimum absolute atomic E-state index is 0.188. The fourth-order valence-corrected chi connectivity index (χ4v) is 2.80. The van der Waals surface area contributed by atoms with Crippen LogP contribution >= 0.6 is 0 Å². The van der Waals surface area contributed by atoms with Gasteiger partial charge in [-0.3, -0.25) is 20.4 Å². The highest BCUT2D eigenvalue weighted by Gasteiger charge is 2.09. The summed E-state index contributed by atoms with van der Waals surface area (Å²) in [4.78, 5) is 26.3. The SMILES string of the molecule is CN(C)c1cccc(C(=O)NNC(=O)Cc2ccc(-c3ccccc3)cc2)c1. The molecule has 0 saturated heterocycles. The molecule has 142 valence electrons. The van der Waals surface area contributed by atoms with Crippen molar-refractivity contribution >= 4 is 17.5 Å². The van der Waals surface area contributed by atoms with E-state index in [1.54, 1.807) is 18.2 Å². The average Bonchev–Trinajstić information content (AvgIpc) is 2.73. The lowest BCUT2D eigenvalue weighted by Gasteiger charge is -2.13. The predicted molar refractivity (Wildman–Crippen MR) is 112 cm³/mol. The van der Waals surface area contributed by atoms with Crippen LogP contribution in [-0.2, 0) is 11.2 Å². The number of rotatable bonds is 5. The lowest BCUT2D eigenvalue weighted by Crippen LogP contribution is -2.42. The second-order valence-electron chi connectivity index (χ2n) is 6.69. The number of carbonyl (C=O) groups excluding carboxylic acids is 2. The smallest absolute Gasteiger partial charge is 0.269 e. The molecule has 5 nitrogen and oxygen atoms in total. The van der Waals surface area contributed by atoms with E-state index in [-0.39, 0.29) is 18.2 Å². The van der Waals surface area contributed by atoms with Crippen molar-refractivity contribution in [2.24, 2.45) is 0 Å². The van der Waals surface area contributed by atoms with Gasteiger partial charge >= 0.3 is 0 Å². The number of carbonyl (C=O) groups is 2. The number of hydrazine groups is 1. The Morgan fingerprint density at radius 2 is 1.46 bits per heavy atom. The summed E-state index contributed by atoms with van der Waals surface area (Å²) in [6.45, 7) is 0. The molecule has 0 bridgehead atoms. The van der Waals surface area contributed by atoms with E-state index in [0.29, 0.717) is 5.56 Å². The highest BCUT2D eigenvalue weighted by molar-refractivity contribution is 5.96. The van der Waals surface area contributed by atoms with E-state index >= 15 is 0 Å². The van der Waals surface area contributed by atoms with Gasteiger partial charge in [-0.25, -0.2) is 0 Å². The van der Waals surface area contributed by atoms with Crippen molar-refractivity contribution in [2.75, 3.05) is 19.0 Å². The lowest BCUT2D eigenvalue weighted by molar-refractivity contribution is -0.121. The van der Waals surface area contributed by atoms with Crippen LogP contribution in [0.1, 0.15) is 15.9 Å². The van der Waals surface area contributed by atoms with Crippen LogP contribution < -0.4 is 15.8 Å². The Balaban J connectivity index is 1.54. The minimum atomic E-state index is -0.350. The van der Waals surface area contributed by atoms with Crippen LogP contribution in [0.3, 0.4) is 0 Å². The normalized spacial score (nSPS) is 10.2. The van der Waals surface area contributed by atoms with Crippen LogP contribution in [0, 0.1) is 0 Å². The number of nitrogens with one attached hydrogen (secondary N) is 2. The Kier molecular flexibility index (Phi) is 6.07. The molecule has 28 heavy (non-hydrogen) atoms. The number of benzene rings is 3. The Labute approximate surface area is 165 Å². The van der Waals surface area contributed by atoms with Gasteiger partial charge in [0, 0.05) is 25.3 Å². The molecule has 0 heterocycles. The monoisotopic (exact) mass is 373 g/mol. The second kappa shape index (κ2) is 8.86. The first-order valence-corrected chi connectivity index (χ1v) is 9.04. The van der Waals surface area contributed by atoms with Gasteiger partial charge in [-0.1, -0.05) is 60.7 Å². The van der Waals surface area contributed by atoms with Gasteiger partial charge in [-0.2, -0.15) is 0 Å². The third-order valence-electron chi connectivity index (χ3n) is 4.37. The number of amides is 2. The summed E-state index contributed by atoms with van der Waals surface area (Å²) in [5.41, 5.74) is 9.44. The summed E-state index contributed by atoms with van der Waals surface area (Å²) in [5.74, 6) is -0.624. The van der Waals surface area contributed by atoms with Crippen LogP contribution in [-0.4, -0.2) is 25.9 Å². The van der Waals surface area contributed by atoms with Crippen molar-refractivity contribution in [3.05, 3.63) is 90.0 Å². The summed E-state index contributed by atoms with van der Waals surface area (Å²) in [6.07, 6.45) is 0.188. The lowest BCUT2D eigenvalue weighted by atomic mass is 10.0. The van der Waals surface area contributed by atoms with Gasteiger partial charge in [0.1, 0.15) is 0 Å². The molecule has 0 atom stereocenters.